The van der Waals surface area contributed by atoms with Gasteiger partial charge in [-0.05, 0) is 17.0 Å². The Morgan fingerprint density at radius 1 is 1.41 bits per heavy atom. The molecule has 0 aliphatic heterocycles. The van der Waals surface area contributed by atoms with Crippen molar-refractivity contribution in [2.75, 3.05) is 6.26 Å². The van der Waals surface area contributed by atoms with Gasteiger partial charge in [-0.3, -0.25) is 10.1 Å². The quantitative estimate of drug-likeness (QED) is 0.463. The van der Waals surface area contributed by atoms with Gasteiger partial charge in [-0.2, -0.15) is 4.80 Å². The summed E-state index contributed by atoms with van der Waals surface area (Å²) in [6, 6.07) is 6.28. The van der Waals surface area contributed by atoms with Crippen molar-refractivity contribution >= 4 is 17.4 Å². The molecular formula is C9H9N5O2S. The van der Waals surface area contributed by atoms with E-state index in [2.05, 4.69) is 15.4 Å². The Hall–Kier alpha value is -1.96. The molecule has 0 aliphatic rings. The van der Waals surface area contributed by atoms with Crippen LogP contribution in [0.5, 0.6) is 0 Å². The van der Waals surface area contributed by atoms with Crippen molar-refractivity contribution in [1.82, 2.24) is 20.2 Å². The van der Waals surface area contributed by atoms with Gasteiger partial charge >= 0.3 is 0 Å². The number of thioether (sulfide) groups is 1. The SMILES string of the molecule is CSc1nnn(Cc2ccc([N+](=O)[O-])cc2)n1. The highest BCUT2D eigenvalue weighted by atomic mass is 32.2. The number of rotatable bonds is 4. The van der Waals surface area contributed by atoms with Crippen LogP contribution in [-0.2, 0) is 6.54 Å². The first kappa shape index (κ1) is 11.5. The van der Waals surface area contributed by atoms with Crippen LogP contribution in [0.3, 0.4) is 0 Å². The molecule has 0 N–H and O–H groups in total. The van der Waals surface area contributed by atoms with E-state index in [1.807, 2.05) is 6.26 Å². The molecule has 0 saturated carbocycles. The Bertz CT molecular complexity index is 524. The average Bonchev–Trinajstić information content (AvgIpc) is 2.77. The molecule has 17 heavy (non-hydrogen) atoms. The molecule has 2 rings (SSSR count). The summed E-state index contributed by atoms with van der Waals surface area (Å²) in [5.41, 5.74) is 0.964. The summed E-state index contributed by atoms with van der Waals surface area (Å²) in [5.74, 6) is 0. The van der Waals surface area contributed by atoms with E-state index in [4.69, 9.17) is 0 Å². The number of tetrazole rings is 1. The maximum absolute atomic E-state index is 10.5. The lowest BCUT2D eigenvalue weighted by Crippen LogP contribution is -2.04. The average molecular weight is 251 g/mol. The van der Waals surface area contributed by atoms with Crippen LogP contribution in [0, 0.1) is 10.1 Å². The van der Waals surface area contributed by atoms with E-state index in [0.717, 1.165) is 5.56 Å². The molecule has 0 bridgehead atoms. The smallest absolute Gasteiger partial charge is 0.258 e. The number of hydrogen-bond acceptors (Lipinski definition) is 6. The Balaban J connectivity index is 2.10. The summed E-state index contributed by atoms with van der Waals surface area (Å²) in [6.45, 7) is 0.450. The third kappa shape index (κ3) is 2.78. The number of nitro benzene ring substituents is 1. The van der Waals surface area contributed by atoms with Crippen molar-refractivity contribution in [3.05, 3.63) is 39.9 Å². The molecule has 1 heterocycles. The molecule has 0 amide bonds. The van der Waals surface area contributed by atoms with Gasteiger partial charge in [-0.25, -0.2) is 0 Å². The van der Waals surface area contributed by atoms with Crippen molar-refractivity contribution in [2.24, 2.45) is 0 Å². The minimum atomic E-state index is -0.427. The number of nitrogens with zero attached hydrogens (tertiary/aromatic N) is 5. The molecule has 1 aromatic heterocycles. The summed E-state index contributed by atoms with van der Waals surface area (Å²) in [7, 11) is 0. The topological polar surface area (TPSA) is 86.7 Å². The third-order valence-corrected chi connectivity index (χ3v) is 2.62. The number of hydrogen-bond donors (Lipinski definition) is 0. The second-order valence-electron chi connectivity index (χ2n) is 3.23. The highest BCUT2D eigenvalue weighted by Crippen LogP contribution is 2.12. The molecule has 1 aromatic carbocycles. The van der Waals surface area contributed by atoms with Gasteiger partial charge in [-0.15, -0.1) is 10.2 Å². The normalized spacial score (nSPS) is 10.4. The summed E-state index contributed by atoms with van der Waals surface area (Å²) in [4.78, 5) is 11.5. The fourth-order valence-electron chi connectivity index (χ4n) is 1.26. The van der Waals surface area contributed by atoms with Gasteiger partial charge in [0.15, 0.2) is 0 Å². The van der Waals surface area contributed by atoms with E-state index in [1.165, 1.54) is 28.7 Å². The van der Waals surface area contributed by atoms with Crippen molar-refractivity contribution in [3.8, 4) is 0 Å². The molecule has 2 aromatic rings. The van der Waals surface area contributed by atoms with Crippen LogP contribution in [0.15, 0.2) is 29.4 Å². The van der Waals surface area contributed by atoms with E-state index in [1.54, 1.807) is 12.1 Å². The van der Waals surface area contributed by atoms with Crippen LogP contribution in [0.1, 0.15) is 5.56 Å². The molecule has 0 unspecified atom stereocenters. The van der Waals surface area contributed by atoms with E-state index < -0.39 is 4.92 Å². The molecule has 0 fully saturated rings. The first-order chi connectivity index (χ1) is 8.19. The third-order valence-electron chi connectivity index (χ3n) is 2.09. The van der Waals surface area contributed by atoms with Crippen molar-refractivity contribution in [3.63, 3.8) is 0 Å². The predicted molar refractivity (Wildman–Crippen MR) is 61.8 cm³/mol. The summed E-state index contributed by atoms with van der Waals surface area (Å²) in [5, 5.41) is 22.9. The van der Waals surface area contributed by atoms with Crippen molar-refractivity contribution in [2.45, 2.75) is 11.7 Å². The fraction of sp³-hybridized carbons (Fsp3) is 0.222. The highest BCUT2D eigenvalue weighted by Gasteiger charge is 2.05. The summed E-state index contributed by atoms with van der Waals surface area (Å²) in [6.07, 6.45) is 1.87. The van der Waals surface area contributed by atoms with E-state index >= 15 is 0 Å². The molecule has 88 valence electrons. The van der Waals surface area contributed by atoms with E-state index in [9.17, 15) is 10.1 Å². The van der Waals surface area contributed by atoms with Crippen LogP contribution >= 0.6 is 11.8 Å². The first-order valence-electron chi connectivity index (χ1n) is 4.74. The summed E-state index contributed by atoms with van der Waals surface area (Å²) < 4.78 is 0. The zero-order valence-corrected chi connectivity index (χ0v) is 9.79. The number of aromatic nitrogens is 4. The largest absolute Gasteiger partial charge is 0.269 e. The van der Waals surface area contributed by atoms with Gasteiger partial charge in [0.2, 0.25) is 5.16 Å². The molecule has 0 aliphatic carbocycles. The zero-order chi connectivity index (χ0) is 12.3. The number of nitro groups is 1. The van der Waals surface area contributed by atoms with Gasteiger partial charge in [0.25, 0.3) is 5.69 Å². The lowest BCUT2D eigenvalue weighted by atomic mass is 10.2. The van der Waals surface area contributed by atoms with Crippen LogP contribution in [-0.4, -0.2) is 31.4 Å². The van der Waals surface area contributed by atoms with Gasteiger partial charge in [-0.1, -0.05) is 23.9 Å². The van der Waals surface area contributed by atoms with Gasteiger partial charge in [0.1, 0.15) is 0 Å². The number of non-ortho nitro benzene ring substituents is 1. The second-order valence-corrected chi connectivity index (χ2v) is 4.00. The first-order valence-corrected chi connectivity index (χ1v) is 5.96. The monoisotopic (exact) mass is 251 g/mol. The lowest BCUT2D eigenvalue weighted by Gasteiger charge is -1.98. The van der Waals surface area contributed by atoms with E-state index in [0.29, 0.717) is 11.7 Å². The molecule has 7 nitrogen and oxygen atoms in total. The minimum absolute atomic E-state index is 0.0742. The van der Waals surface area contributed by atoms with Crippen molar-refractivity contribution in [1.29, 1.82) is 0 Å². The highest BCUT2D eigenvalue weighted by molar-refractivity contribution is 7.98. The van der Waals surface area contributed by atoms with Crippen LogP contribution in [0.25, 0.3) is 0 Å². The molecule has 0 radical (unpaired) electrons. The van der Waals surface area contributed by atoms with Crippen LogP contribution in [0.4, 0.5) is 5.69 Å². The maximum atomic E-state index is 10.5. The molecule has 0 saturated heterocycles. The van der Waals surface area contributed by atoms with Crippen molar-refractivity contribution < 1.29 is 4.92 Å². The fourth-order valence-corrected chi connectivity index (χ4v) is 1.56. The van der Waals surface area contributed by atoms with Gasteiger partial charge in [0, 0.05) is 12.1 Å². The molecule has 8 heteroatoms. The molecule has 0 atom stereocenters. The Labute approximate surface area is 101 Å². The predicted octanol–water partition coefficient (Wildman–Crippen LogP) is 1.35. The molecule has 0 spiro atoms. The molecular weight excluding hydrogens is 242 g/mol. The zero-order valence-electron chi connectivity index (χ0n) is 8.98. The van der Waals surface area contributed by atoms with Gasteiger partial charge in [0.05, 0.1) is 11.5 Å². The lowest BCUT2D eigenvalue weighted by molar-refractivity contribution is -0.384. The van der Waals surface area contributed by atoms with Crippen LogP contribution in [0.2, 0.25) is 0 Å². The summed E-state index contributed by atoms with van der Waals surface area (Å²) >= 11 is 1.41. The van der Waals surface area contributed by atoms with E-state index in [-0.39, 0.29) is 5.69 Å². The standard InChI is InChI=1S/C9H9N5O2S/c1-17-9-10-12-13(11-9)6-7-2-4-8(5-3-7)14(15)16/h2-5H,6H2,1H3. The Morgan fingerprint density at radius 2 is 2.12 bits per heavy atom. The maximum Gasteiger partial charge on any atom is 0.269 e. The Kier molecular flexibility index (Phi) is 3.33. The minimum Gasteiger partial charge on any atom is -0.258 e. The number of benzene rings is 1. The van der Waals surface area contributed by atoms with Gasteiger partial charge < -0.3 is 0 Å². The van der Waals surface area contributed by atoms with Crippen LogP contribution < -0.4 is 0 Å². The Morgan fingerprint density at radius 3 is 2.65 bits per heavy atom. The second kappa shape index (κ2) is 4.91.